The Bertz CT molecular complexity index is 1110. The highest BCUT2D eigenvalue weighted by Gasteiger charge is 2.24. The summed E-state index contributed by atoms with van der Waals surface area (Å²) in [4.78, 5) is 16.9. The van der Waals surface area contributed by atoms with Gasteiger partial charge in [-0.1, -0.05) is 84.9 Å². The van der Waals surface area contributed by atoms with Crippen molar-refractivity contribution in [2.75, 3.05) is 5.32 Å². The van der Waals surface area contributed by atoms with E-state index in [0.29, 0.717) is 12.0 Å². The number of carbonyl (C=O) groups excluding carboxylic acids is 1. The van der Waals surface area contributed by atoms with Crippen LogP contribution in [0.15, 0.2) is 104 Å². The van der Waals surface area contributed by atoms with Crippen molar-refractivity contribution in [3.05, 3.63) is 115 Å². The van der Waals surface area contributed by atoms with E-state index in [4.69, 9.17) is 0 Å². The third kappa shape index (κ3) is 3.90. The molecule has 1 aromatic heterocycles. The summed E-state index contributed by atoms with van der Waals surface area (Å²) in [6.45, 7) is 3.87. The maximum Gasteiger partial charge on any atom is 0.258 e. The van der Waals surface area contributed by atoms with Crippen molar-refractivity contribution in [1.29, 1.82) is 0 Å². The number of amides is 1. The number of nitrogens with one attached hydrogen (secondary N) is 2. The Kier molecular flexibility index (Phi) is 5.39. The summed E-state index contributed by atoms with van der Waals surface area (Å²) in [6.07, 6.45) is 2.39. The van der Waals surface area contributed by atoms with Crippen molar-refractivity contribution in [2.45, 2.75) is 6.42 Å². The van der Waals surface area contributed by atoms with Crippen LogP contribution in [0.4, 0.5) is 5.69 Å². The summed E-state index contributed by atoms with van der Waals surface area (Å²) >= 11 is 0. The molecular formula is C26H22N2O. The van der Waals surface area contributed by atoms with Gasteiger partial charge in [0.1, 0.15) is 0 Å². The van der Waals surface area contributed by atoms with E-state index in [1.165, 1.54) is 0 Å². The molecule has 0 atom stereocenters. The fourth-order valence-electron chi connectivity index (χ4n) is 3.53. The number of aromatic amines is 1. The first kappa shape index (κ1) is 18.5. The van der Waals surface area contributed by atoms with Gasteiger partial charge in [-0.05, 0) is 23.3 Å². The number of para-hydroxylation sites is 1. The molecule has 0 saturated heterocycles. The van der Waals surface area contributed by atoms with Crippen LogP contribution in [-0.2, 0) is 6.42 Å². The number of hydrogen-bond acceptors (Lipinski definition) is 1. The second kappa shape index (κ2) is 8.44. The van der Waals surface area contributed by atoms with E-state index in [1.807, 2.05) is 84.9 Å². The van der Waals surface area contributed by atoms with Gasteiger partial charge in [0.15, 0.2) is 0 Å². The predicted molar refractivity (Wildman–Crippen MR) is 120 cm³/mol. The molecule has 3 aromatic carbocycles. The fourth-order valence-corrected chi connectivity index (χ4v) is 3.53. The molecule has 142 valence electrons. The van der Waals surface area contributed by atoms with Crippen LogP contribution in [0.25, 0.3) is 22.4 Å². The molecule has 0 radical (unpaired) electrons. The molecule has 2 N–H and O–H groups in total. The molecule has 0 spiro atoms. The van der Waals surface area contributed by atoms with Crippen LogP contribution in [-0.4, -0.2) is 10.9 Å². The standard InChI is InChI=1S/C26H22N2O/c1-2-12-22-24(26(29)27-21-17-10-5-11-18-21)23(19-13-6-3-7-14-19)25(28-22)20-15-8-4-9-16-20/h2-11,13-18,28H,1,12H2,(H,27,29). The molecule has 0 unspecified atom stereocenters. The van der Waals surface area contributed by atoms with Crippen molar-refractivity contribution in [2.24, 2.45) is 0 Å². The van der Waals surface area contributed by atoms with Gasteiger partial charge in [-0.3, -0.25) is 4.79 Å². The summed E-state index contributed by atoms with van der Waals surface area (Å²) in [5.74, 6) is -0.134. The molecular weight excluding hydrogens is 356 g/mol. The second-order valence-corrected chi connectivity index (χ2v) is 6.77. The smallest absolute Gasteiger partial charge is 0.258 e. The van der Waals surface area contributed by atoms with Gasteiger partial charge in [-0.15, -0.1) is 6.58 Å². The molecule has 4 rings (SSSR count). The molecule has 1 amide bonds. The highest BCUT2D eigenvalue weighted by molar-refractivity contribution is 6.12. The molecule has 4 aromatic rings. The summed E-state index contributed by atoms with van der Waals surface area (Å²) in [5, 5.41) is 3.04. The summed E-state index contributed by atoms with van der Waals surface area (Å²) in [6, 6.07) is 29.6. The van der Waals surface area contributed by atoms with E-state index in [9.17, 15) is 4.79 Å². The Morgan fingerprint density at radius 1 is 0.828 bits per heavy atom. The van der Waals surface area contributed by atoms with Gasteiger partial charge in [-0.25, -0.2) is 0 Å². The Morgan fingerprint density at radius 3 is 1.97 bits per heavy atom. The molecule has 3 heteroatoms. The zero-order chi connectivity index (χ0) is 20.1. The van der Waals surface area contributed by atoms with E-state index in [2.05, 4.69) is 29.0 Å². The fraction of sp³-hybridized carbons (Fsp3) is 0.0385. The molecule has 29 heavy (non-hydrogen) atoms. The van der Waals surface area contributed by atoms with E-state index < -0.39 is 0 Å². The van der Waals surface area contributed by atoms with Crippen LogP contribution in [0.5, 0.6) is 0 Å². The molecule has 0 fully saturated rings. The predicted octanol–water partition coefficient (Wildman–Crippen LogP) is 6.33. The van der Waals surface area contributed by atoms with Gasteiger partial charge < -0.3 is 10.3 Å². The first-order chi connectivity index (χ1) is 14.3. The zero-order valence-electron chi connectivity index (χ0n) is 16.1. The maximum absolute atomic E-state index is 13.4. The monoisotopic (exact) mass is 378 g/mol. The van der Waals surface area contributed by atoms with Crippen LogP contribution in [0.2, 0.25) is 0 Å². The number of H-pyrrole nitrogens is 1. The SMILES string of the molecule is C=CCc1[nH]c(-c2ccccc2)c(-c2ccccc2)c1C(=O)Nc1ccccc1. The van der Waals surface area contributed by atoms with Crippen LogP contribution >= 0.6 is 0 Å². The highest BCUT2D eigenvalue weighted by atomic mass is 16.1. The average molecular weight is 378 g/mol. The van der Waals surface area contributed by atoms with Crippen molar-refractivity contribution >= 4 is 11.6 Å². The number of allylic oxidation sites excluding steroid dienone is 1. The Hall–Kier alpha value is -3.85. The van der Waals surface area contributed by atoms with Crippen LogP contribution in [0.3, 0.4) is 0 Å². The first-order valence-electron chi connectivity index (χ1n) is 9.61. The minimum Gasteiger partial charge on any atom is -0.357 e. The lowest BCUT2D eigenvalue weighted by Gasteiger charge is -2.10. The lowest BCUT2D eigenvalue weighted by Crippen LogP contribution is -2.14. The number of anilines is 1. The number of rotatable bonds is 6. The summed E-state index contributed by atoms with van der Waals surface area (Å²) in [5.41, 5.74) is 6.15. The summed E-state index contributed by atoms with van der Waals surface area (Å²) < 4.78 is 0. The van der Waals surface area contributed by atoms with E-state index in [-0.39, 0.29) is 5.91 Å². The van der Waals surface area contributed by atoms with Crippen molar-refractivity contribution < 1.29 is 4.79 Å². The van der Waals surface area contributed by atoms with E-state index in [0.717, 1.165) is 33.8 Å². The van der Waals surface area contributed by atoms with E-state index in [1.54, 1.807) is 0 Å². The van der Waals surface area contributed by atoms with Gasteiger partial charge in [0.05, 0.1) is 11.3 Å². The first-order valence-corrected chi connectivity index (χ1v) is 9.61. The van der Waals surface area contributed by atoms with Crippen LogP contribution in [0.1, 0.15) is 16.1 Å². The Labute approximate surface area is 170 Å². The van der Waals surface area contributed by atoms with Gasteiger partial charge in [0.2, 0.25) is 0 Å². The highest BCUT2D eigenvalue weighted by Crippen LogP contribution is 2.37. The molecule has 1 heterocycles. The molecule has 3 nitrogen and oxygen atoms in total. The maximum atomic E-state index is 13.4. The number of carbonyl (C=O) groups is 1. The third-order valence-electron chi connectivity index (χ3n) is 4.81. The zero-order valence-corrected chi connectivity index (χ0v) is 16.1. The lowest BCUT2D eigenvalue weighted by atomic mass is 9.96. The molecule has 0 aliphatic carbocycles. The summed E-state index contributed by atoms with van der Waals surface area (Å²) in [7, 11) is 0. The minimum absolute atomic E-state index is 0.134. The number of aromatic nitrogens is 1. The Balaban J connectivity index is 1.91. The quantitative estimate of drug-likeness (QED) is 0.378. The van der Waals surface area contributed by atoms with Crippen molar-refractivity contribution in [3.8, 4) is 22.4 Å². The number of benzene rings is 3. The van der Waals surface area contributed by atoms with Gasteiger partial charge >= 0.3 is 0 Å². The molecule has 0 saturated carbocycles. The largest absolute Gasteiger partial charge is 0.357 e. The van der Waals surface area contributed by atoms with E-state index >= 15 is 0 Å². The Morgan fingerprint density at radius 2 is 1.38 bits per heavy atom. The van der Waals surface area contributed by atoms with Crippen molar-refractivity contribution in [1.82, 2.24) is 4.98 Å². The average Bonchev–Trinajstić information content (AvgIpc) is 3.15. The topological polar surface area (TPSA) is 44.9 Å². The minimum atomic E-state index is -0.134. The van der Waals surface area contributed by atoms with Gasteiger partial charge in [-0.2, -0.15) is 0 Å². The van der Waals surface area contributed by atoms with Crippen LogP contribution in [0, 0.1) is 0 Å². The number of hydrogen-bond donors (Lipinski definition) is 2. The molecule has 0 bridgehead atoms. The third-order valence-corrected chi connectivity index (χ3v) is 4.81. The lowest BCUT2D eigenvalue weighted by molar-refractivity contribution is 0.102. The van der Waals surface area contributed by atoms with Gasteiger partial charge in [0.25, 0.3) is 5.91 Å². The molecule has 0 aliphatic heterocycles. The normalized spacial score (nSPS) is 10.5. The van der Waals surface area contributed by atoms with Crippen molar-refractivity contribution in [3.63, 3.8) is 0 Å². The second-order valence-electron chi connectivity index (χ2n) is 6.77. The van der Waals surface area contributed by atoms with Crippen LogP contribution < -0.4 is 5.32 Å². The molecule has 0 aliphatic rings. The van der Waals surface area contributed by atoms with Gasteiger partial charge in [0, 0.05) is 23.4 Å².